The Hall–Kier alpha value is -3.05. The van der Waals surface area contributed by atoms with E-state index < -0.39 is 0 Å². The van der Waals surface area contributed by atoms with Crippen molar-refractivity contribution >= 4 is 6.21 Å². The zero-order chi connectivity index (χ0) is 22.3. The summed E-state index contributed by atoms with van der Waals surface area (Å²) >= 11 is 0. The molecular weight excluding hydrogens is 399 g/mol. The van der Waals surface area contributed by atoms with Gasteiger partial charge in [0.25, 0.3) is 0 Å². The molecule has 1 unspecified atom stereocenters. The molecule has 5 heteroatoms. The van der Waals surface area contributed by atoms with Crippen LogP contribution in [0, 0.1) is 5.82 Å². The van der Waals surface area contributed by atoms with Crippen molar-refractivity contribution in [1.29, 1.82) is 0 Å². The maximum absolute atomic E-state index is 13.6. The van der Waals surface area contributed by atoms with E-state index in [2.05, 4.69) is 65.1 Å². The van der Waals surface area contributed by atoms with Crippen LogP contribution in [0.25, 0.3) is 11.3 Å². The second-order valence-electron chi connectivity index (χ2n) is 8.60. The second-order valence-corrected chi connectivity index (χ2v) is 8.60. The zero-order valence-electron chi connectivity index (χ0n) is 18.9. The number of aromatic nitrogens is 2. The fourth-order valence-corrected chi connectivity index (χ4v) is 4.25. The summed E-state index contributed by atoms with van der Waals surface area (Å²) in [6, 6.07) is 17.3. The van der Waals surface area contributed by atoms with Gasteiger partial charge in [0.2, 0.25) is 0 Å². The third kappa shape index (κ3) is 5.40. The maximum atomic E-state index is 13.6. The van der Waals surface area contributed by atoms with Crippen LogP contribution in [0.1, 0.15) is 35.6 Å². The van der Waals surface area contributed by atoms with E-state index in [4.69, 9.17) is 5.10 Å². The normalized spacial score (nSPS) is 15.6. The molecular formula is C27H31FN4. The first-order valence-corrected chi connectivity index (χ1v) is 11.3. The third-order valence-corrected chi connectivity index (χ3v) is 5.94. The van der Waals surface area contributed by atoms with Crippen LogP contribution in [0.2, 0.25) is 0 Å². The molecule has 0 aliphatic carbocycles. The fraction of sp³-hybridized carbons (Fsp3) is 0.333. The van der Waals surface area contributed by atoms with Crippen LogP contribution in [0.4, 0.5) is 4.39 Å². The standard InChI is InChI=1S/C27H31FN4/c1-31(2)19-20-32-25(10-6-9-21-7-4-3-5-8-21)26(22-15-17-29-18-16-22)27(30-32)23-11-13-24(28)14-12-23/h3-5,7-8,11-15,17-18,22H,6,9-10,16,19-20H2,1-2H3. The smallest absolute Gasteiger partial charge is 0.123 e. The van der Waals surface area contributed by atoms with Crippen LogP contribution in [-0.4, -0.2) is 41.5 Å². The molecule has 166 valence electrons. The molecule has 1 atom stereocenters. The first-order valence-electron chi connectivity index (χ1n) is 11.3. The van der Waals surface area contributed by atoms with Gasteiger partial charge in [0, 0.05) is 41.7 Å². The lowest BCUT2D eigenvalue weighted by atomic mass is 9.89. The molecule has 0 saturated carbocycles. The molecule has 3 aromatic rings. The van der Waals surface area contributed by atoms with Crippen LogP contribution < -0.4 is 0 Å². The van der Waals surface area contributed by atoms with Crippen molar-refractivity contribution < 1.29 is 4.39 Å². The highest BCUT2D eigenvalue weighted by Gasteiger charge is 2.25. The minimum absolute atomic E-state index is 0.227. The van der Waals surface area contributed by atoms with Crippen molar-refractivity contribution in [1.82, 2.24) is 14.7 Å². The van der Waals surface area contributed by atoms with Crippen molar-refractivity contribution in [2.24, 2.45) is 4.99 Å². The third-order valence-electron chi connectivity index (χ3n) is 5.94. The fourth-order valence-electron chi connectivity index (χ4n) is 4.25. The Bertz CT molecular complexity index is 1070. The molecule has 2 aromatic carbocycles. The average Bonchev–Trinajstić information content (AvgIpc) is 3.18. The number of halogens is 1. The molecule has 1 aromatic heterocycles. The Morgan fingerprint density at radius 3 is 2.50 bits per heavy atom. The quantitative estimate of drug-likeness (QED) is 0.449. The second kappa shape index (κ2) is 10.5. The number of allylic oxidation sites excluding steroid dienone is 1. The van der Waals surface area contributed by atoms with Crippen molar-refractivity contribution in [3.63, 3.8) is 0 Å². The number of aliphatic imine (C=N–C) groups is 1. The highest BCUT2D eigenvalue weighted by atomic mass is 19.1. The molecule has 2 heterocycles. The molecule has 32 heavy (non-hydrogen) atoms. The number of benzene rings is 2. The van der Waals surface area contributed by atoms with Crippen LogP contribution in [0.5, 0.6) is 0 Å². The van der Waals surface area contributed by atoms with E-state index in [0.717, 1.165) is 50.0 Å². The van der Waals surface area contributed by atoms with Gasteiger partial charge in [-0.3, -0.25) is 9.67 Å². The van der Waals surface area contributed by atoms with E-state index in [-0.39, 0.29) is 11.7 Å². The largest absolute Gasteiger partial charge is 0.308 e. The molecule has 4 nitrogen and oxygen atoms in total. The summed E-state index contributed by atoms with van der Waals surface area (Å²) < 4.78 is 15.8. The zero-order valence-corrected chi connectivity index (χ0v) is 18.9. The van der Waals surface area contributed by atoms with Crippen molar-refractivity contribution in [2.45, 2.75) is 38.1 Å². The van der Waals surface area contributed by atoms with Crippen molar-refractivity contribution in [3.8, 4) is 11.3 Å². The minimum Gasteiger partial charge on any atom is -0.308 e. The number of nitrogens with zero attached hydrogens (tertiary/aromatic N) is 4. The monoisotopic (exact) mass is 430 g/mol. The van der Waals surface area contributed by atoms with Gasteiger partial charge in [-0.1, -0.05) is 36.4 Å². The van der Waals surface area contributed by atoms with E-state index >= 15 is 0 Å². The molecule has 0 radical (unpaired) electrons. The number of aryl methyl sites for hydroxylation is 1. The first-order chi connectivity index (χ1) is 15.6. The van der Waals surface area contributed by atoms with E-state index in [9.17, 15) is 4.39 Å². The highest BCUT2D eigenvalue weighted by molar-refractivity contribution is 5.69. The van der Waals surface area contributed by atoms with Crippen LogP contribution in [-0.2, 0) is 19.4 Å². The lowest BCUT2D eigenvalue weighted by Gasteiger charge is -2.17. The topological polar surface area (TPSA) is 33.4 Å². The van der Waals surface area contributed by atoms with Crippen LogP contribution in [0.3, 0.4) is 0 Å². The Balaban J connectivity index is 1.71. The Kier molecular flexibility index (Phi) is 7.28. The van der Waals surface area contributed by atoms with Gasteiger partial charge in [0.1, 0.15) is 5.82 Å². The molecule has 4 rings (SSSR count). The Morgan fingerprint density at radius 1 is 1.03 bits per heavy atom. The van der Waals surface area contributed by atoms with Crippen LogP contribution in [0.15, 0.2) is 71.9 Å². The SMILES string of the molecule is CN(C)CCn1nc(-c2ccc(F)cc2)c(C2C=CN=CC2)c1CCCc1ccccc1. The summed E-state index contributed by atoms with van der Waals surface area (Å²) in [6.07, 6.45) is 9.92. The van der Waals surface area contributed by atoms with Gasteiger partial charge in [-0.05, 0) is 69.6 Å². The predicted molar refractivity (Wildman–Crippen MR) is 130 cm³/mol. The Labute approximate surface area is 190 Å². The molecule has 0 amide bonds. The first kappa shape index (κ1) is 22.2. The predicted octanol–water partition coefficient (Wildman–Crippen LogP) is 5.50. The summed E-state index contributed by atoms with van der Waals surface area (Å²) in [5, 5.41) is 5.07. The van der Waals surface area contributed by atoms with Gasteiger partial charge in [-0.15, -0.1) is 0 Å². The summed E-state index contributed by atoms with van der Waals surface area (Å²) in [5.74, 6) is 0.00232. The van der Waals surface area contributed by atoms with Gasteiger partial charge in [-0.25, -0.2) is 4.39 Å². The van der Waals surface area contributed by atoms with Gasteiger partial charge in [0.05, 0.1) is 12.2 Å². The van der Waals surface area contributed by atoms with Gasteiger partial charge < -0.3 is 4.90 Å². The Morgan fingerprint density at radius 2 is 1.81 bits per heavy atom. The minimum atomic E-state index is -0.227. The number of hydrogen-bond donors (Lipinski definition) is 0. The van der Waals surface area contributed by atoms with Gasteiger partial charge >= 0.3 is 0 Å². The van der Waals surface area contributed by atoms with Gasteiger partial charge in [0.15, 0.2) is 0 Å². The van der Waals surface area contributed by atoms with E-state index in [1.54, 1.807) is 0 Å². The van der Waals surface area contributed by atoms with E-state index in [1.165, 1.54) is 29.0 Å². The van der Waals surface area contributed by atoms with Crippen molar-refractivity contribution in [3.05, 3.63) is 89.5 Å². The molecule has 1 aliphatic heterocycles. The maximum Gasteiger partial charge on any atom is 0.123 e. The van der Waals surface area contributed by atoms with Crippen molar-refractivity contribution in [2.75, 3.05) is 20.6 Å². The molecule has 0 N–H and O–H groups in total. The number of rotatable bonds is 9. The van der Waals surface area contributed by atoms with Gasteiger partial charge in [-0.2, -0.15) is 5.10 Å². The van der Waals surface area contributed by atoms with Crippen LogP contribution >= 0.6 is 0 Å². The number of likely N-dealkylation sites (N-methyl/N-ethyl adjacent to an activating group) is 1. The summed E-state index contributed by atoms with van der Waals surface area (Å²) in [5.41, 5.74) is 5.82. The lowest BCUT2D eigenvalue weighted by Crippen LogP contribution is -2.20. The summed E-state index contributed by atoms with van der Waals surface area (Å²) in [4.78, 5) is 6.46. The summed E-state index contributed by atoms with van der Waals surface area (Å²) in [6.45, 7) is 1.74. The summed E-state index contributed by atoms with van der Waals surface area (Å²) in [7, 11) is 4.17. The average molecular weight is 431 g/mol. The molecule has 0 bridgehead atoms. The lowest BCUT2D eigenvalue weighted by molar-refractivity contribution is 0.369. The van der Waals surface area contributed by atoms with E-state index in [1.807, 2.05) is 24.5 Å². The molecule has 0 spiro atoms. The number of hydrogen-bond acceptors (Lipinski definition) is 3. The molecule has 0 fully saturated rings. The van der Waals surface area contributed by atoms with E-state index in [0.29, 0.717) is 0 Å². The highest BCUT2D eigenvalue weighted by Crippen LogP contribution is 2.36. The molecule has 0 saturated heterocycles. The molecule has 1 aliphatic rings.